The first-order valence-electron chi connectivity index (χ1n) is 11.6. The van der Waals surface area contributed by atoms with Crippen LogP contribution in [0.15, 0.2) is 91.0 Å². The van der Waals surface area contributed by atoms with E-state index in [1.54, 1.807) is 0 Å². The molecule has 0 radical (unpaired) electrons. The average Bonchev–Trinajstić information content (AvgIpc) is 3.42. The highest BCUT2D eigenvalue weighted by Crippen LogP contribution is 2.34. The molecule has 3 aromatic heterocycles. The number of rotatable bonds is 3. The molecule has 7 rings (SSSR count). The summed E-state index contributed by atoms with van der Waals surface area (Å²) in [6.45, 7) is 3.09. The van der Waals surface area contributed by atoms with Gasteiger partial charge in [0.2, 0.25) is 0 Å². The Morgan fingerprint density at radius 3 is 2.23 bits per heavy atom. The van der Waals surface area contributed by atoms with Gasteiger partial charge in [-0.05, 0) is 67.6 Å². The van der Waals surface area contributed by atoms with Crippen LogP contribution in [-0.2, 0) is 6.54 Å². The molecule has 0 aliphatic carbocycles. The fraction of sp³-hybridized carbons (Fsp3) is 0.0690. The quantitative estimate of drug-likeness (QED) is 0.268. The van der Waals surface area contributed by atoms with Gasteiger partial charge in [0.15, 0.2) is 11.3 Å². The third kappa shape index (κ3) is 3.05. The summed E-state index contributed by atoms with van der Waals surface area (Å²) < 4.78 is 4.46. The molecule has 168 valence electrons. The number of aromatic nitrogens is 5. The fourth-order valence-corrected chi connectivity index (χ4v) is 5.14. The van der Waals surface area contributed by atoms with Gasteiger partial charge in [0.1, 0.15) is 5.82 Å². The van der Waals surface area contributed by atoms with Crippen LogP contribution in [0.1, 0.15) is 6.92 Å². The maximum atomic E-state index is 6.19. The summed E-state index contributed by atoms with van der Waals surface area (Å²) in [6, 6.07) is 30.8. The molecule has 0 fully saturated rings. The first-order valence-corrected chi connectivity index (χ1v) is 12.0. The lowest BCUT2D eigenvalue weighted by Gasteiger charge is -2.10. The molecule has 35 heavy (non-hydrogen) atoms. The molecule has 0 bridgehead atoms. The second kappa shape index (κ2) is 7.65. The molecule has 0 N–H and O–H groups in total. The van der Waals surface area contributed by atoms with Crippen molar-refractivity contribution in [2.75, 3.05) is 0 Å². The lowest BCUT2D eigenvalue weighted by molar-refractivity contribution is 0.827. The first kappa shape index (κ1) is 20.2. The molecule has 0 saturated heterocycles. The van der Waals surface area contributed by atoms with Crippen molar-refractivity contribution in [2.45, 2.75) is 13.5 Å². The summed E-state index contributed by atoms with van der Waals surface area (Å²) in [5, 5.41) is 3.13. The Balaban J connectivity index is 1.58. The van der Waals surface area contributed by atoms with Crippen LogP contribution in [0.5, 0.6) is 0 Å². The van der Waals surface area contributed by atoms with Gasteiger partial charge in [0, 0.05) is 38.9 Å². The Labute approximate surface area is 206 Å². The fourth-order valence-electron chi connectivity index (χ4n) is 5.02. The standard InChI is InChI=1S/C29H20ClN5/c1-2-34-25-10-6-3-7-21(25)22-17-20(15-16-26(22)34)35-28(18-11-13-19(30)14-12-18)33-27-29(35)32-24-9-5-4-8-23(24)31-27/h3-17H,2H2,1H3. The summed E-state index contributed by atoms with van der Waals surface area (Å²) >= 11 is 6.19. The molecule has 6 heteroatoms. The van der Waals surface area contributed by atoms with Crippen molar-refractivity contribution in [1.29, 1.82) is 0 Å². The van der Waals surface area contributed by atoms with Gasteiger partial charge in [-0.2, -0.15) is 0 Å². The summed E-state index contributed by atoms with van der Waals surface area (Å²) in [7, 11) is 0. The lowest BCUT2D eigenvalue weighted by atomic mass is 10.1. The van der Waals surface area contributed by atoms with Gasteiger partial charge in [-0.15, -0.1) is 0 Å². The average molecular weight is 474 g/mol. The van der Waals surface area contributed by atoms with E-state index in [4.69, 9.17) is 26.6 Å². The molecule has 0 saturated carbocycles. The molecular weight excluding hydrogens is 454 g/mol. The topological polar surface area (TPSA) is 48.5 Å². The second-order valence-electron chi connectivity index (χ2n) is 8.60. The predicted molar refractivity (Wildman–Crippen MR) is 143 cm³/mol. The number of imidazole rings is 1. The van der Waals surface area contributed by atoms with Crippen molar-refractivity contribution in [3.05, 3.63) is 96.0 Å². The van der Waals surface area contributed by atoms with Crippen LogP contribution in [0.3, 0.4) is 0 Å². The van der Waals surface area contributed by atoms with Crippen LogP contribution < -0.4 is 0 Å². The van der Waals surface area contributed by atoms with Crippen molar-refractivity contribution in [1.82, 2.24) is 24.1 Å². The number of fused-ring (bicyclic) bond motifs is 5. The molecular formula is C29H20ClN5. The van der Waals surface area contributed by atoms with E-state index in [0.717, 1.165) is 40.3 Å². The highest BCUT2D eigenvalue weighted by Gasteiger charge is 2.19. The predicted octanol–water partition coefficient (Wildman–Crippen LogP) is 7.42. The Morgan fingerprint density at radius 2 is 1.43 bits per heavy atom. The Kier molecular flexibility index (Phi) is 4.41. The van der Waals surface area contributed by atoms with Crippen LogP contribution in [-0.4, -0.2) is 24.1 Å². The maximum Gasteiger partial charge on any atom is 0.199 e. The zero-order valence-corrected chi connectivity index (χ0v) is 19.7. The highest BCUT2D eigenvalue weighted by atomic mass is 35.5. The van der Waals surface area contributed by atoms with Gasteiger partial charge < -0.3 is 4.57 Å². The van der Waals surface area contributed by atoms with E-state index in [1.165, 1.54) is 21.8 Å². The minimum absolute atomic E-state index is 0.615. The van der Waals surface area contributed by atoms with Gasteiger partial charge in [0.05, 0.1) is 16.7 Å². The Morgan fingerprint density at radius 1 is 0.714 bits per heavy atom. The summed E-state index contributed by atoms with van der Waals surface area (Å²) in [4.78, 5) is 14.8. The Hall–Kier alpha value is -4.22. The van der Waals surface area contributed by atoms with E-state index in [1.807, 2.05) is 48.5 Å². The zero-order chi connectivity index (χ0) is 23.5. The van der Waals surface area contributed by atoms with Gasteiger partial charge in [-0.1, -0.05) is 41.9 Å². The lowest BCUT2D eigenvalue weighted by Crippen LogP contribution is -2.00. The van der Waals surface area contributed by atoms with Crippen LogP contribution in [0.4, 0.5) is 0 Å². The van der Waals surface area contributed by atoms with Crippen LogP contribution in [0.25, 0.3) is 61.2 Å². The maximum absolute atomic E-state index is 6.19. The normalized spacial score (nSPS) is 11.8. The van der Waals surface area contributed by atoms with E-state index in [0.29, 0.717) is 10.7 Å². The van der Waals surface area contributed by atoms with Crippen molar-refractivity contribution in [3.63, 3.8) is 0 Å². The summed E-state index contributed by atoms with van der Waals surface area (Å²) in [6.07, 6.45) is 0. The molecule has 0 atom stereocenters. The minimum atomic E-state index is 0.615. The number of para-hydroxylation sites is 3. The van der Waals surface area contributed by atoms with E-state index in [9.17, 15) is 0 Å². The monoisotopic (exact) mass is 473 g/mol. The third-order valence-electron chi connectivity index (χ3n) is 6.60. The molecule has 0 unspecified atom stereocenters. The molecule has 0 aliphatic rings. The Bertz CT molecular complexity index is 1900. The van der Waals surface area contributed by atoms with Crippen LogP contribution in [0, 0.1) is 0 Å². The summed E-state index contributed by atoms with van der Waals surface area (Å²) in [5.41, 5.74) is 7.41. The van der Waals surface area contributed by atoms with Crippen LogP contribution >= 0.6 is 11.6 Å². The molecule has 0 spiro atoms. The molecule has 0 amide bonds. The first-order chi connectivity index (χ1) is 17.2. The number of nitrogens with zero attached hydrogens (tertiary/aromatic N) is 5. The van der Waals surface area contributed by atoms with E-state index < -0.39 is 0 Å². The van der Waals surface area contributed by atoms with Gasteiger partial charge >= 0.3 is 0 Å². The van der Waals surface area contributed by atoms with E-state index >= 15 is 0 Å². The molecule has 7 aromatic rings. The smallest absolute Gasteiger partial charge is 0.199 e. The van der Waals surface area contributed by atoms with Crippen LogP contribution in [0.2, 0.25) is 5.02 Å². The number of hydrogen-bond donors (Lipinski definition) is 0. The largest absolute Gasteiger partial charge is 0.341 e. The van der Waals surface area contributed by atoms with Crippen molar-refractivity contribution >= 4 is 55.7 Å². The van der Waals surface area contributed by atoms with Crippen molar-refractivity contribution < 1.29 is 0 Å². The van der Waals surface area contributed by atoms with Crippen molar-refractivity contribution in [3.8, 4) is 17.1 Å². The van der Waals surface area contributed by atoms with Crippen molar-refractivity contribution in [2.24, 2.45) is 0 Å². The highest BCUT2D eigenvalue weighted by molar-refractivity contribution is 6.30. The number of halogens is 1. The summed E-state index contributed by atoms with van der Waals surface area (Å²) in [5.74, 6) is 0.783. The minimum Gasteiger partial charge on any atom is -0.341 e. The SMILES string of the molecule is CCn1c2ccccc2c2cc(-n3c(-c4ccc(Cl)cc4)nc4nc5ccccc5nc43)ccc21. The second-order valence-corrected chi connectivity index (χ2v) is 9.04. The number of aryl methyl sites for hydroxylation is 1. The molecule has 4 aromatic carbocycles. The van der Waals surface area contributed by atoms with E-state index in [2.05, 4.69) is 58.5 Å². The number of benzene rings is 4. The third-order valence-corrected chi connectivity index (χ3v) is 6.85. The molecule has 0 aliphatic heterocycles. The molecule has 5 nitrogen and oxygen atoms in total. The van der Waals surface area contributed by atoms with Gasteiger partial charge in [-0.3, -0.25) is 4.57 Å². The van der Waals surface area contributed by atoms with E-state index in [-0.39, 0.29) is 0 Å². The van der Waals surface area contributed by atoms with Gasteiger partial charge in [0.25, 0.3) is 0 Å². The van der Waals surface area contributed by atoms with Gasteiger partial charge in [-0.25, -0.2) is 15.0 Å². The zero-order valence-electron chi connectivity index (χ0n) is 19.0. The molecule has 3 heterocycles. The number of hydrogen-bond acceptors (Lipinski definition) is 3.